The molecule has 0 aliphatic rings. The second-order valence-electron chi connectivity index (χ2n) is 2.87. The minimum Gasteiger partial charge on any atom is -0.238 e. The normalized spacial score (nSPS) is 13.9. The van der Waals surface area contributed by atoms with Crippen LogP contribution < -0.4 is 0 Å². The highest BCUT2D eigenvalue weighted by Crippen LogP contribution is 2.13. The molecule has 14 heavy (non-hydrogen) atoms. The first-order chi connectivity index (χ1) is 6.38. The van der Waals surface area contributed by atoms with Crippen molar-refractivity contribution in [1.82, 2.24) is 9.97 Å². The van der Waals surface area contributed by atoms with Gasteiger partial charge < -0.3 is 0 Å². The second-order valence-corrected chi connectivity index (χ2v) is 4.28. The van der Waals surface area contributed by atoms with Crippen LogP contribution in [0.5, 0.6) is 0 Å². The van der Waals surface area contributed by atoms with Crippen molar-refractivity contribution in [3.63, 3.8) is 0 Å². The van der Waals surface area contributed by atoms with Crippen molar-refractivity contribution >= 4 is 10.2 Å². The highest BCUT2D eigenvalue weighted by atomic mass is 32.3. The summed E-state index contributed by atoms with van der Waals surface area (Å²) >= 11 is 0. The first kappa shape index (κ1) is 11.0. The minimum atomic E-state index is -4.56. The Hall–Kier alpha value is -1.11. The van der Waals surface area contributed by atoms with Gasteiger partial charge in [-0.3, -0.25) is 0 Å². The minimum absolute atomic E-state index is 0.104. The highest BCUT2D eigenvalue weighted by Gasteiger charge is 2.17. The first-order valence-electron chi connectivity index (χ1n) is 3.78. The van der Waals surface area contributed by atoms with E-state index in [1.54, 1.807) is 0 Å². The molecule has 0 saturated carbocycles. The van der Waals surface area contributed by atoms with Crippen LogP contribution in [0, 0.1) is 5.82 Å². The molecule has 0 aliphatic carbocycles. The van der Waals surface area contributed by atoms with E-state index in [0.29, 0.717) is 0 Å². The average Bonchev–Trinajstić information content (AvgIpc) is 2.02. The van der Waals surface area contributed by atoms with Crippen LogP contribution in [0.1, 0.15) is 18.7 Å². The molecule has 0 aromatic carbocycles. The monoisotopic (exact) mass is 222 g/mol. The lowest BCUT2D eigenvalue weighted by atomic mass is 10.2. The lowest BCUT2D eigenvalue weighted by Gasteiger charge is -2.05. The maximum Gasteiger partial charge on any atom is 0.303 e. The molecule has 0 aliphatic heterocycles. The molecule has 0 saturated heterocycles. The SMILES string of the molecule is CC(CS(=O)(=O)F)c1ncc(F)cn1. The Bertz CT molecular complexity index is 404. The van der Waals surface area contributed by atoms with E-state index >= 15 is 0 Å². The summed E-state index contributed by atoms with van der Waals surface area (Å²) in [5.41, 5.74) is 0. The third-order valence-corrected chi connectivity index (χ3v) is 2.43. The fourth-order valence-corrected chi connectivity index (χ4v) is 1.70. The molecular formula is C7H8F2N2O2S. The van der Waals surface area contributed by atoms with Crippen LogP contribution in [0.25, 0.3) is 0 Å². The third-order valence-electron chi connectivity index (χ3n) is 1.53. The fraction of sp³-hybridized carbons (Fsp3) is 0.429. The van der Waals surface area contributed by atoms with E-state index in [4.69, 9.17) is 0 Å². The Balaban J connectivity index is 2.80. The van der Waals surface area contributed by atoms with Crippen molar-refractivity contribution < 1.29 is 16.7 Å². The third kappa shape index (κ3) is 3.33. The molecule has 4 nitrogen and oxygen atoms in total. The maximum absolute atomic E-state index is 12.4. The molecule has 1 aromatic rings. The lowest BCUT2D eigenvalue weighted by Crippen LogP contribution is -2.10. The molecule has 0 bridgehead atoms. The Kier molecular flexibility index (Phi) is 3.10. The molecule has 1 aromatic heterocycles. The van der Waals surface area contributed by atoms with Gasteiger partial charge in [0.05, 0.1) is 18.1 Å². The Labute approximate surface area is 80.2 Å². The van der Waals surface area contributed by atoms with E-state index in [0.717, 1.165) is 12.4 Å². The number of rotatable bonds is 3. The van der Waals surface area contributed by atoms with E-state index < -0.39 is 27.7 Å². The van der Waals surface area contributed by atoms with Crippen LogP contribution >= 0.6 is 0 Å². The van der Waals surface area contributed by atoms with Crippen molar-refractivity contribution in [3.8, 4) is 0 Å². The predicted octanol–water partition coefficient (Wildman–Crippen LogP) is 1.02. The van der Waals surface area contributed by atoms with E-state index in [2.05, 4.69) is 9.97 Å². The molecule has 0 spiro atoms. The summed E-state index contributed by atoms with van der Waals surface area (Å²) < 4.78 is 45.2. The number of hydrogen-bond donors (Lipinski definition) is 0. The van der Waals surface area contributed by atoms with E-state index in [1.807, 2.05) is 0 Å². The predicted molar refractivity (Wildman–Crippen MR) is 45.3 cm³/mol. The second kappa shape index (κ2) is 3.95. The zero-order valence-corrected chi connectivity index (χ0v) is 8.13. The molecule has 0 fully saturated rings. The number of halogens is 2. The topological polar surface area (TPSA) is 59.9 Å². The summed E-state index contributed by atoms with van der Waals surface area (Å²) in [6, 6.07) is 0. The van der Waals surface area contributed by atoms with Crippen LogP contribution in [0.4, 0.5) is 8.28 Å². The largest absolute Gasteiger partial charge is 0.303 e. The summed E-state index contributed by atoms with van der Waals surface area (Å²) in [7, 11) is -4.56. The standard InChI is InChI=1S/C7H8F2N2O2S/c1-5(4-14(9,12)13)7-10-2-6(8)3-11-7/h2-3,5H,4H2,1H3. The van der Waals surface area contributed by atoms with Gasteiger partial charge >= 0.3 is 10.2 Å². The van der Waals surface area contributed by atoms with Gasteiger partial charge in [0.2, 0.25) is 0 Å². The molecule has 1 unspecified atom stereocenters. The van der Waals surface area contributed by atoms with E-state index in [-0.39, 0.29) is 5.82 Å². The Morgan fingerprint density at radius 2 is 1.93 bits per heavy atom. The number of aromatic nitrogens is 2. The van der Waals surface area contributed by atoms with Crippen molar-refractivity contribution in [2.45, 2.75) is 12.8 Å². The molecule has 7 heteroatoms. The number of hydrogen-bond acceptors (Lipinski definition) is 4. The van der Waals surface area contributed by atoms with E-state index in [9.17, 15) is 16.7 Å². The van der Waals surface area contributed by atoms with Crippen molar-refractivity contribution in [3.05, 3.63) is 24.0 Å². The van der Waals surface area contributed by atoms with Crippen LogP contribution in [-0.4, -0.2) is 24.1 Å². The molecule has 78 valence electrons. The molecule has 1 heterocycles. The van der Waals surface area contributed by atoms with Gasteiger partial charge in [-0.25, -0.2) is 14.4 Å². The average molecular weight is 222 g/mol. The van der Waals surface area contributed by atoms with Crippen molar-refractivity contribution in [2.24, 2.45) is 0 Å². The summed E-state index contributed by atoms with van der Waals surface area (Å²) in [6.45, 7) is 1.45. The van der Waals surface area contributed by atoms with Crippen LogP contribution in [0.15, 0.2) is 12.4 Å². The van der Waals surface area contributed by atoms with Gasteiger partial charge in [0.1, 0.15) is 5.82 Å². The maximum atomic E-state index is 12.4. The van der Waals surface area contributed by atoms with Crippen LogP contribution in [0.3, 0.4) is 0 Å². The van der Waals surface area contributed by atoms with E-state index in [1.165, 1.54) is 6.92 Å². The summed E-state index contributed by atoms with van der Waals surface area (Å²) in [5.74, 6) is -1.90. The molecule has 0 N–H and O–H groups in total. The van der Waals surface area contributed by atoms with Gasteiger partial charge in [-0.15, -0.1) is 3.89 Å². The van der Waals surface area contributed by atoms with Gasteiger partial charge in [-0.1, -0.05) is 6.92 Å². The Morgan fingerprint density at radius 3 is 2.36 bits per heavy atom. The quantitative estimate of drug-likeness (QED) is 0.716. The van der Waals surface area contributed by atoms with Gasteiger partial charge in [0.15, 0.2) is 5.82 Å². The molecular weight excluding hydrogens is 214 g/mol. The summed E-state index contributed by atoms with van der Waals surface area (Å²) in [6.07, 6.45) is 1.81. The summed E-state index contributed by atoms with van der Waals surface area (Å²) in [4.78, 5) is 7.09. The smallest absolute Gasteiger partial charge is 0.238 e. The lowest BCUT2D eigenvalue weighted by molar-refractivity contribution is 0.543. The molecule has 0 radical (unpaired) electrons. The van der Waals surface area contributed by atoms with Crippen molar-refractivity contribution in [1.29, 1.82) is 0 Å². The molecule has 1 atom stereocenters. The zero-order chi connectivity index (χ0) is 10.8. The summed E-state index contributed by atoms with van der Waals surface area (Å²) in [5, 5.41) is 0. The Morgan fingerprint density at radius 1 is 1.43 bits per heavy atom. The van der Waals surface area contributed by atoms with Gasteiger partial charge in [0, 0.05) is 5.92 Å². The zero-order valence-electron chi connectivity index (χ0n) is 7.31. The van der Waals surface area contributed by atoms with Gasteiger partial charge in [-0.05, 0) is 0 Å². The first-order valence-corrected chi connectivity index (χ1v) is 5.33. The highest BCUT2D eigenvalue weighted by molar-refractivity contribution is 7.86. The van der Waals surface area contributed by atoms with Gasteiger partial charge in [0.25, 0.3) is 0 Å². The van der Waals surface area contributed by atoms with Crippen LogP contribution in [0.2, 0.25) is 0 Å². The van der Waals surface area contributed by atoms with Crippen molar-refractivity contribution in [2.75, 3.05) is 5.75 Å². The molecule has 1 rings (SSSR count). The van der Waals surface area contributed by atoms with Gasteiger partial charge in [-0.2, -0.15) is 8.42 Å². The number of nitrogens with zero attached hydrogens (tertiary/aromatic N) is 2. The fourth-order valence-electron chi connectivity index (χ4n) is 0.950. The van der Waals surface area contributed by atoms with Crippen LogP contribution in [-0.2, 0) is 10.2 Å². The molecule has 0 amide bonds.